The van der Waals surface area contributed by atoms with E-state index < -0.39 is 0 Å². The molecule has 0 aliphatic heterocycles. The maximum Gasteiger partial charge on any atom is 0.119 e. The van der Waals surface area contributed by atoms with Crippen LogP contribution in [0.5, 0.6) is 11.5 Å². The Kier molecular flexibility index (Phi) is 4.08. The first-order chi connectivity index (χ1) is 10.3. The van der Waals surface area contributed by atoms with E-state index in [-0.39, 0.29) is 6.04 Å². The van der Waals surface area contributed by atoms with Crippen LogP contribution in [-0.2, 0) is 0 Å². The number of nitrogens with two attached hydrogens (primary N) is 1. The standard InChI is InChI=1S/C17H20N2O2/c1-20-14-6-2-12(3-7-14)17(19-18)13-4-8-15(9-5-13)21-16-10-11-16/h2-9,16-17,19H,10-11,18H2,1H3. The predicted molar refractivity (Wildman–Crippen MR) is 82.3 cm³/mol. The van der Waals surface area contributed by atoms with Crippen molar-refractivity contribution in [2.24, 2.45) is 5.84 Å². The van der Waals surface area contributed by atoms with Crippen LogP contribution in [-0.4, -0.2) is 13.2 Å². The molecule has 1 aliphatic rings. The topological polar surface area (TPSA) is 56.5 Å². The molecule has 1 atom stereocenters. The quantitative estimate of drug-likeness (QED) is 0.632. The predicted octanol–water partition coefficient (Wildman–Crippen LogP) is 2.79. The molecule has 0 radical (unpaired) electrons. The normalized spacial score (nSPS) is 15.5. The molecule has 2 aromatic rings. The lowest BCUT2D eigenvalue weighted by Crippen LogP contribution is -2.28. The number of hydrogen-bond donors (Lipinski definition) is 2. The molecule has 1 fully saturated rings. The minimum atomic E-state index is -0.0501. The molecule has 4 nitrogen and oxygen atoms in total. The van der Waals surface area contributed by atoms with Crippen LogP contribution < -0.4 is 20.7 Å². The van der Waals surface area contributed by atoms with Crippen molar-refractivity contribution in [3.63, 3.8) is 0 Å². The fourth-order valence-corrected chi connectivity index (χ4v) is 2.30. The molecule has 21 heavy (non-hydrogen) atoms. The van der Waals surface area contributed by atoms with Gasteiger partial charge in [0.15, 0.2) is 0 Å². The number of benzene rings is 2. The van der Waals surface area contributed by atoms with Gasteiger partial charge in [-0.05, 0) is 48.2 Å². The Morgan fingerprint density at radius 2 is 1.48 bits per heavy atom. The Morgan fingerprint density at radius 3 is 1.90 bits per heavy atom. The molecule has 0 saturated heterocycles. The summed E-state index contributed by atoms with van der Waals surface area (Å²) in [5, 5.41) is 0. The zero-order chi connectivity index (χ0) is 14.7. The second-order valence-corrected chi connectivity index (χ2v) is 5.26. The van der Waals surface area contributed by atoms with Gasteiger partial charge < -0.3 is 9.47 Å². The van der Waals surface area contributed by atoms with Gasteiger partial charge >= 0.3 is 0 Å². The van der Waals surface area contributed by atoms with Gasteiger partial charge in [-0.25, -0.2) is 5.43 Å². The Morgan fingerprint density at radius 1 is 0.952 bits per heavy atom. The molecule has 2 aromatic carbocycles. The van der Waals surface area contributed by atoms with E-state index in [1.807, 2.05) is 48.5 Å². The fourth-order valence-electron chi connectivity index (χ4n) is 2.30. The van der Waals surface area contributed by atoms with Crippen LogP contribution in [0.2, 0.25) is 0 Å². The number of hydrogen-bond acceptors (Lipinski definition) is 4. The minimum Gasteiger partial charge on any atom is -0.497 e. The number of ether oxygens (including phenoxy) is 2. The summed E-state index contributed by atoms with van der Waals surface area (Å²) in [6, 6.07) is 15.9. The van der Waals surface area contributed by atoms with Crippen LogP contribution in [0.15, 0.2) is 48.5 Å². The Labute approximate surface area is 124 Å². The third-order valence-electron chi connectivity index (χ3n) is 3.66. The molecule has 110 valence electrons. The van der Waals surface area contributed by atoms with Crippen molar-refractivity contribution in [3.8, 4) is 11.5 Å². The van der Waals surface area contributed by atoms with Gasteiger partial charge in [-0.2, -0.15) is 0 Å². The van der Waals surface area contributed by atoms with Crippen molar-refractivity contribution in [1.29, 1.82) is 0 Å². The maximum absolute atomic E-state index is 5.76. The first-order valence-electron chi connectivity index (χ1n) is 7.17. The van der Waals surface area contributed by atoms with Crippen LogP contribution in [0.25, 0.3) is 0 Å². The molecule has 0 heterocycles. The van der Waals surface area contributed by atoms with Crippen molar-refractivity contribution in [2.45, 2.75) is 25.0 Å². The number of methoxy groups -OCH3 is 1. The maximum atomic E-state index is 5.76. The van der Waals surface area contributed by atoms with Crippen molar-refractivity contribution in [2.75, 3.05) is 7.11 Å². The van der Waals surface area contributed by atoms with Crippen LogP contribution >= 0.6 is 0 Å². The molecule has 3 rings (SSSR count). The smallest absolute Gasteiger partial charge is 0.119 e. The lowest BCUT2D eigenvalue weighted by molar-refractivity contribution is 0.303. The highest BCUT2D eigenvalue weighted by Gasteiger charge is 2.23. The molecular formula is C17H20N2O2. The van der Waals surface area contributed by atoms with E-state index in [2.05, 4.69) is 5.43 Å². The van der Waals surface area contributed by atoms with Gasteiger partial charge in [0, 0.05) is 0 Å². The summed E-state index contributed by atoms with van der Waals surface area (Å²) in [6.07, 6.45) is 2.75. The molecule has 1 aliphatic carbocycles. The molecule has 3 N–H and O–H groups in total. The van der Waals surface area contributed by atoms with Crippen molar-refractivity contribution >= 4 is 0 Å². The summed E-state index contributed by atoms with van der Waals surface area (Å²) in [5.74, 6) is 7.48. The summed E-state index contributed by atoms with van der Waals surface area (Å²) >= 11 is 0. The van der Waals surface area contributed by atoms with Crippen molar-refractivity contribution < 1.29 is 9.47 Å². The van der Waals surface area contributed by atoms with Gasteiger partial charge in [0.2, 0.25) is 0 Å². The van der Waals surface area contributed by atoms with Crippen molar-refractivity contribution in [1.82, 2.24) is 5.43 Å². The summed E-state index contributed by atoms with van der Waals surface area (Å²) in [6.45, 7) is 0. The fraction of sp³-hybridized carbons (Fsp3) is 0.294. The van der Waals surface area contributed by atoms with E-state index >= 15 is 0 Å². The molecule has 0 spiro atoms. The van der Waals surface area contributed by atoms with Gasteiger partial charge in [0.05, 0.1) is 19.3 Å². The monoisotopic (exact) mass is 284 g/mol. The summed E-state index contributed by atoms with van der Waals surface area (Å²) < 4.78 is 10.9. The summed E-state index contributed by atoms with van der Waals surface area (Å²) in [5.41, 5.74) is 5.06. The summed E-state index contributed by atoms with van der Waals surface area (Å²) in [7, 11) is 1.66. The Bertz CT molecular complexity index is 577. The van der Waals surface area contributed by atoms with Crippen LogP contribution in [0.1, 0.15) is 30.0 Å². The van der Waals surface area contributed by atoms with Gasteiger partial charge in [-0.15, -0.1) is 0 Å². The average Bonchev–Trinajstić information content (AvgIpc) is 3.34. The van der Waals surface area contributed by atoms with E-state index in [0.717, 1.165) is 22.6 Å². The SMILES string of the molecule is COc1ccc(C(NN)c2ccc(OC3CC3)cc2)cc1. The average molecular weight is 284 g/mol. The zero-order valence-corrected chi connectivity index (χ0v) is 12.1. The van der Waals surface area contributed by atoms with E-state index in [1.54, 1.807) is 7.11 Å². The zero-order valence-electron chi connectivity index (χ0n) is 12.1. The lowest BCUT2D eigenvalue weighted by Gasteiger charge is -2.17. The van der Waals surface area contributed by atoms with Crippen LogP contribution in [0.3, 0.4) is 0 Å². The molecule has 1 unspecified atom stereocenters. The van der Waals surface area contributed by atoms with E-state index in [4.69, 9.17) is 15.3 Å². The first-order valence-corrected chi connectivity index (χ1v) is 7.17. The van der Waals surface area contributed by atoms with E-state index in [0.29, 0.717) is 6.10 Å². The Balaban J connectivity index is 1.77. The second-order valence-electron chi connectivity index (χ2n) is 5.26. The van der Waals surface area contributed by atoms with E-state index in [1.165, 1.54) is 12.8 Å². The molecule has 0 aromatic heterocycles. The number of nitrogens with one attached hydrogen (secondary N) is 1. The lowest BCUT2D eigenvalue weighted by atomic mass is 9.99. The van der Waals surface area contributed by atoms with Crippen LogP contribution in [0.4, 0.5) is 0 Å². The highest BCUT2D eigenvalue weighted by atomic mass is 16.5. The molecule has 1 saturated carbocycles. The third kappa shape index (κ3) is 3.35. The van der Waals surface area contributed by atoms with Gasteiger partial charge in [0.25, 0.3) is 0 Å². The number of rotatable bonds is 6. The molecule has 0 bridgehead atoms. The second kappa shape index (κ2) is 6.16. The molecule has 4 heteroatoms. The minimum absolute atomic E-state index is 0.0501. The van der Waals surface area contributed by atoms with Crippen molar-refractivity contribution in [3.05, 3.63) is 59.7 Å². The highest BCUT2D eigenvalue weighted by molar-refractivity contribution is 5.37. The van der Waals surface area contributed by atoms with Crippen LogP contribution in [0, 0.1) is 0 Å². The third-order valence-corrected chi connectivity index (χ3v) is 3.66. The Hall–Kier alpha value is -2.04. The van der Waals surface area contributed by atoms with Gasteiger partial charge in [0.1, 0.15) is 11.5 Å². The molecular weight excluding hydrogens is 264 g/mol. The molecule has 0 amide bonds. The van der Waals surface area contributed by atoms with E-state index in [9.17, 15) is 0 Å². The number of hydrazine groups is 1. The highest BCUT2D eigenvalue weighted by Crippen LogP contribution is 2.29. The summed E-state index contributed by atoms with van der Waals surface area (Å²) in [4.78, 5) is 0. The van der Waals surface area contributed by atoms with Gasteiger partial charge in [-0.1, -0.05) is 24.3 Å². The van der Waals surface area contributed by atoms with Gasteiger partial charge in [-0.3, -0.25) is 5.84 Å². The largest absolute Gasteiger partial charge is 0.497 e. The first kappa shape index (κ1) is 13.9.